The van der Waals surface area contributed by atoms with Gasteiger partial charge in [-0.25, -0.2) is 0 Å². The molecule has 8 heteroatoms. The lowest BCUT2D eigenvalue weighted by Crippen LogP contribution is -2.49. The fraction of sp³-hybridized carbons (Fsp3) is 0.346. The van der Waals surface area contributed by atoms with Crippen LogP contribution in [0.2, 0.25) is 0 Å². The van der Waals surface area contributed by atoms with Gasteiger partial charge in [0.25, 0.3) is 5.91 Å². The maximum atomic E-state index is 13.0. The average molecular weight is 464 g/mol. The van der Waals surface area contributed by atoms with Gasteiger partial charge in [-0.15, -0.1) is 0 Å². The number of carboxylic acids is 1. The second-order valence-electron chi connectivity index (χ2n) is 9.25. The summed E-state index contributed by atoms with van der Waals surface area (Å²) in [4.78, 5) is 38.2. The van der Waals surface area contributed by atoms with E-state index in [1.165, 1.54) is 0 Å². The molecule has 0 radical (unpaired) electrons. The first-order valence-corrected chi connectivity index (χ1v) is 11.3. The molecule has 1 atom stereocenters. The number of fused-ring (bicyclic) bond motifs is 1. The van der Waals surface area contributed by atoms with Crippen molar-refractivity contribution in [2.75, 3.05) is 0 Å². The first-order chi connectivity index (χ1) is 16.2. The number of rotatable bonds is 8. The normalized spacial score (nSPS) is 18.0. The number of allylic oxidation sites excluding steroid dienone is 1. The number of nitrogens with one attached hydrogen (secondary N) is 2. The second-order valence-corrected chi connectivity index (χ2v) is 9.25. The third-order valence-corrected chi connectivity index (χ3v) is 6.34. The van der Waals surface area contributed by atoms with E-state index in [2.05, 4.69) is 17.2 Å². The van der Waals surface area contributed by atoms with Crippen molar-refractivity contribution in [1.29, 1.82) is 0 Å². The zero-order valence-corrected chi connectivity index (χ0v) is 19.4. The molecule has 0 aromatic heterocycles. The van der Waals surface area contributed by atoms with E-state index in [4.69, 9.17) is 4.74 Å². The minimum atomic E-state index is -1.01. The van der Waals surface area contributed by atoms with Crippen LogP contribution in [0.25, 0.3) is 0 Å². The lowest BCUT2D eigenvalue weighted by Gasteiger charge is -2.31. The number of amides is 2. The van der Waals surface area contributed by atoms with E-state index in [0.717, 1.165) is 16.7 Å². The Morgan fingerprint density at radius 1 is 1.21 bits per heavy atom. The molecule has 2 amide bonds. The average Bonchev–Trinajstić information content (AvgIpc) is 3.14. The Morgan fingerprint density at radius 3 is 2.59 bits per heavy atom. The van der Waals surface area contributed by atoms with Gasteiger partial charge in [0, 0.05) is 23.4 Å². The zero-order valence-electron chi connectivity index (χ0n) is 19.4. The van der Waals surface area contributed by atoms with E-state index in [0.29, 0.717) is 49.5 Å². The van der Waals surface area contributed by atoms with Gasteiger partial charge in [0.2, 0.25) is 5.91 Å². The molecular weight excluding hydrogens is 434 g/mol. The number of aliphatic carboxylic acids is 1. The van der Waals surface area contributed by atoms with Crippen LogP contribution < -0.4 is 15.4 Å². The van der Waals surface area contributed by atoms with Gasteiger partial charge in [-0.1, -0.05) is 36.9 Å². The van der Waals surface area contributed by atoms with Gasteiger partial charge in [0.15, 0.2) is 0 Å². The second kappa shape index (κ2) is 9.30. The summed E-state index contributed by atoms with van der Waals surface area (Å²) in [5.74, 6) is -0.627. The maximum Gasteiger partial charge on any atom is 0.323 e. The third kappa shape index (κ3) is 4.82. The molecule has 1 saturated heterocycles. The number of carbonyl (C=O) groups is 3. The molecule has 2 aliphatic heterocycles. The van der Waals surface area contributed by atoms with Gasteiger partial charge < -0.3 is 20.1 Å². The van der Waals surface area contributed by atoms with Crippen LogP contribution in [0.3, 0.4) is 0 Å². The summed E-state index contributed by atoms with van der Waals surface area (Å²) >= 11 is 0. The molecule has 3 N–H and O–H groups in total. The highest BCUT2D eigenvalue weighted by molar-refractivity contribution is 6.02. The van der Waals surface area contributed by atoms with Crippen molar-refractivity contribution < 1.29 is 24.2 Å². The summed E-state index contributed by atoms with van der Waals surface area (Å²) in [5, 5.41) is 15.0. The van der Waals surface area contributed by atoms with Gasteiger partial charge in [-0.2, -0.15) is 0 Å². The van der Waals surface area contributed by atoms with E-state index >= 15 is 0 Å². The number of hydrogen-bond donors (Lipinski definition) is 3. The van der Waals surface area contributed by atoms with Crippen LogP contribution in [0, 0.1) is 0 Å². The third-order valence-electron chi connectivity index (χ3n) is 6.34. The van der Waals surface area contributed by atoms with E-state index in [1.54, 1.807) is 30.9 Å². The molecular formula is C26H29N3O5. The molecule has 0 aliphatic carbocycles. The van der Waals surface area contributed by atoms with Gasteiger partial charge >= 0.3 is 5.97 Å². The van der Waals surface area contributed by atoms with Crippen LogP contribution in [-0.2, 0) is 29.3 Å². The lowest BCUT2D eigenvalue weighted by molar-refractivity contribution is -0.143. The quantitative estimate of drug-likeness (QED) is 0.556. The van der Waals surface area contributed by atoms with E-state index in [1.807, 2.05) is 30.3 Å². The Balaban J connectivity index is 1.40. The largest absolute Gasteiger partial charge is 0.489 e. The standard InChI is InChI=1S/C26H29N3O5/c1-16-7-12-21(23(30)28-16)29-14-20-19(24(29)31)5-4-6-22(20)34-15-18-10-8-17(9-11-18)13-27-26(2,3)25(32)33/h4-6,8-11,21,27H,1,7,12-15H2,2-3H3,(H,28,30)(H,32,33). The summed E-state index contributed by atoms with van der Waals surface area (Å²) < 4.78 is 6.06. The van der Waals surface area contributed by atoms with Crippen molar-refractivity contribution in [2.45, 2.75) is 58.0 Å². The topological polar surface area (TPSA) is 108 Å². The highest BCUT2D eigenvalue weighted by Gasteiger charge is 2.39. The number of nitrogens with zero attached hydrogens (tertiary/aromatic N) is 1. The number of ether oxygens (including phenoxy) is 1. The van der Waals surface area contributed by atoms with Crippen LogP contribution in [0.4, 0.5) is 0 Å². The Labute approximate surface area is 198 Å². The molecule has 2 aliphatic rings. The van der Waals surface area contributed by atoms with Crippen LogP contribution >= 0.6 is 0 Å². The monoisotopic (exact) mass is 463 g/mol. The Hall–Kier alpha value is -3.65. The predicted molar refractivity (Wildman–Crippen MR) is 126 cm³/mol. The van der Waals surface area contributed by atoms with Crippen LogP contribution in [0.1, 0.15) is 53.7 Å². The van der Waals surface area contributed by atoms with Gasteiger partial charge in [0.05, 0.1) is 6.54 Å². The minimum Gasteiger partial charge on any atom is -0.489 e. The molecule has 8 nitrogen and oxygen atoms in total. The smallest absolute Gasteiger partial charge is 0.323 e. The van der Waals surface area contributed by atoms with Gasteiger partial charge in [-0.05, 0) is 49.9 Å². The van der Waals surface area contributed by atoms with Crippen LogP contribution in [-0.4, -0.2) is 39.4 Å². The molecule has 178 valence electrons. The van der Waals surface area contributed by atoms with Crippen molar-refractivity contribution in [2.24, 2.45) is 0 Å². The van der Waals surface area contributed by atoms with Crippen LogP contribution in [0.15, 0.2) is 54.7 Å². The molecule has 2 aromatic carbocycles. The molecule has 0 saturated carbocycles. The highest BCUT2D eigenvalue weighted by Crippen LogP contribution is 2.34. The van der Waals surface area contributed by atoms with E-state index in [-0.39, 0.29) is 11.8 Å². The van der Waals surface area contributed by atoms with Crippen molar-refractivity contribution >= 4 is 17.8 Å². The van der Waals surface area contributed by atoms with Crippen molar-refractivity contribution in [1.82, 2.24) is 15.5 Å². The number of benzene rings is 2. The summed E-state index contributed by atoms with van der Waals surface area (Å²) in [6.07, 6.45) is 1.21. The fourth-order valence-electron chi connectivity index (χ4n) is 4.09. The van der Waals surface area contributed by atoms with Crippen molar-refractivity contribution in [3.8, 4) is 5.75 Å². The Kier molecular flexibility index (Phi) is 6.43. The molecule has 2 aromatic rings. The maximum absolute atomic E-state index is 13.0. The highest BCUT2D eigenvalue weighted by atomic mass is 16.5. The first kappa shape index (κ1) is 23.5. The van der Waals surface area contributed by atoms with Crippen molar-refractivity contribution in [3.05, 3.63) is 77.0 Å². The lowest BCUT2D eigenvalue weighted by atomic mass is 10.0. The number of hydrogen-bond acceptors (Lipinski definition) is 5. The van der Waals surface area contributed by atoms with Crippen molar-refractivity contribution in [3.63, 3.8) is 0 Å². The molecule has 2 heterocycles. The minimum absolute atomic E-state index is 0.158. The molecule has 1 unspecified atom stereocenters. The molecule has 34 heavy (non-hydrogen) atoms. The summed E-state index contributed by atoms with van der Waals surface area (Å²) in [6.45, 7) is 8.14. The summed E-state index contributed by atoms with van der Waals surface area (Å²) in [7, 11) is 0. The molecule has 4 rings (SSSR count). The SMILES string of the molecule is C=C1CCC(N2Cc3c(OCc4ccc(CNC(C)(C)C(=O)O)cc4)cccc3C2=O)C(=O)N1. The molecule has 0 spiro atoms. The summed E-state index contributed by atoms with van der Waals surface area (Å²) in [5.41, 5.74) is 2.95. The number of piperidine rings is 1. The van der Waals surface area contributed by atoms with E-state index < -0.39 is 17.6 Å². The van der Waals surface area contributed by atoms with Gasteiger partial charge in [-0.3, -0.25) is 19.7 Å². The Morgan fingerprint density at radius 2 is 1.91 bits per heavy atom. The van der Waals surface area contributed by atoms with Gasteiger partial charge in [0.1, 0.15) is 23.9 Å². The Bertz CT molecular complexity index is 1140. The fourth-order valence-corrected chi connectivity index (χ4v) is 4.09. The summed E-state index contributed by atoms with van der Waals surface area (Å²) in [6, 6.07) is 12.6. The first-order valence-electron chi connectivity index (χ1n) is 11.3. The number of carboxylic acid groups (broad SMARTS) is 1. The van der Waals surface area contributed by atoms with E-state index in [9.17, 15) is 19.5 Å². The molecule has 1 fully saturated rings. The number of carbonyl (C=O) groups excluding carboxylic acids is 2. The predicted octanol–water partition coefficient (Wildman–Crippen LogP) is 2.97. The van der Waals surface area contributed by atoms with Crippen LogP contribution in [0.5, 0.6) is 5.75 Å². The zero-order chi connectivity index (χ0) is 24.5. The molecule has 0 bridgehead atoms.